The Morgan fingerprint density at radius 1 is 1.22 bits per heavy atom. The summed E-state index contributed by atoms with van der Waals surface area (Å²) in [5, 5.41) is 2.77. The third kappa shape index (κ3) is 4.25. The van der Waals surface area contributed by atoms with E-state index in [9.17, 15) is 9.70 Å². The Morgan fingerprint density at radius 3 is 2.33 bits per heavy atom. The van der Waals surface area contributed by atoms with Crippen LogP contribution in [-0.4, -0.2) is 37.1 Å². The quantitative estimate of drug-likeness (QED) is 0.551. The molecular weight excluding hydrogens is 232 g/mol. The fourth-order valence-electron chi connectivity index (χ4n) is 1.55. The Bertz CT molecular complexity index is 386. The lowest BCUT2D eigenvalue weighted by molar-refractivity contribution is 0.0466. The van der Waals surface area contributed by atoms with E-state index in [1.165, 1.54) is 24.3 Å². The lowest BCUT2D eigenvalue weighted by Crippen LogP contribution is -2.27. The summed E-state index contributed by atoms with van der Waals surface area (Å²) in [7, 11) is 0. The van der Waals surface area contributed by atoms with Gasteiger partial charge in [-0.05, 0) is 42.5 Å². The number of likely N-dealkylation sites (N-methyl/N-ethyl adjacent to an activating group) is 1. The van der Waals surface area contributed by atoms with Gasteiger partial charge in [0.15, 0.2) is 0 Å². The Hall–Kier alpha value is -1.75. The third-order valence-electron chi connectivity index (χ3n) is 2.74. The van der Waals surface area contributed by atoms with Crippen molar-refractivity contribution in [3.63, 3.8) is 0 Å². The summed E-state index contributed by atoms with van der Waals surface area (Å²) >= 11 is 0. The van der Waals surface area contributed by atoms with Gasteiger partial charge in [0.25, 0.3) is 0 Å². The number of rotatable bonds is 7. The number of esters is 1. The van der Waals surface area contributed by atoms with Crippen molar-refractivity contribution in [1.82, 2.24) is 4.90 Å². The zero-order chi connectivity index (χ0) is 13.4. The average Bonchev–Trinajstić information content (AvgIpc) is 2.43. The highest BCUT2D eigenvalue weighted by molar-refractivity contribution is 5.89. The van der Waals surface area contributed by atoms with Crippen LogP contribution in [0.3, 0.4) is 0 Å². The van der Waals surface area contributed by atoms with Crippen LogP contribution < -0.4 is 0 Å². The number of nitrogens with zero attached hydrogens (tertiary/aromatic N) is 2. The molecular formula is C13H18N2O3. The van der Waals surface area contributed by atoms with Crippen molar-refractivity contribution in [2.75, 3.05) is 26.2 Å². The highest BCUT2D eigenvalue weighted by Crippen LogP contribution is 2.12. The van der Waals surface area contributed by atoms with Crippen molar-refractivity contribution in [1.29, 1.82) is 0 Å². The molecule has 0 radical (unpaired) electrons. The third-order valence-corrected chi connectivity index (χ3v) is 2.74. The van der Waals surface area contributed by atoms with Gasteiger partial charge in [0.2, 0.25) is 0 Å². The molecule has 0 unspecified atom stereocenters. The smallest absolute Gasteiger partial charge is 0.338 e. The second kappa shape index (κ2) is 7.55. The van der Waals surface area contributed by atoms with Crippen LogP contribution in [0.15, 0.2) is 29.4 Å². The Balaban J connectivity index is 2.42. The minimum absolute atomic E-state index is 0.301. The summed E-state index contributed by atoms with van der Waals surface area (Å²) in [6.45, 7) is 7.11. The molecule has 1 aromatic carbocycles. The number of nitroso groups, excluding NO2 is 1. The number of benzene rings is 1. The van der Waals surface area contributed by atoms with Crippen LogP contribution >= 0.6 is 0 Å². The van der Waals surface area contributed by atoms with E-state index >= 15 is 0 Å². The fraction of sp³-hybridized carbons (Fsp3) is 0.462. The molecule has 0 fully saturated rings. The monoisotopic (exact) mass is 250 g/mol. The standard InChI is InChI=1S/C13H18N2O3/c1-3-15(4-2)9-10-18-13(16)11-5-7-12(14-17)8-6-11/h5-8H,3-4,9-10H2,1-2H3. The van der Waals surface area contributed by atoms with E-state index in [2.05, 4.69) is 23.9 Å². The predicted octanol–water partition coefficient (Wildman–Crippen LogP) is 2.58. The van der Waals surface area contributed by atoms with E-state index in [-0.39, 0.29) is 5.97 Å². The molecule has 0 amide bonds. The lowest BCUT2D eigenvalue weighted by atomic mass is 10.2. The van der Waals surface area contributed by atoms with Crippen molar-refractivity contribution in [2.45, 2.75) is 13.8 Å². The molecule has 0 bridgehead atoms. The molecule has 0 N–H and O–H groups in total. The molecule has 1 aromatic rings. The second-order valence-electron chi connectivity index (χ2n) is 3.80. The summed E-state index contributed by atoms with van der Waals surface area (Å²) < 4.78 is 5.15. The van der Waals surface area contributed by atoms with Crippen LogP contribution in [0.2, 0.25) is 0 Å². The summed E-state index contributed by atoms with van der Waals surface area (Å²) in [6.07, 6.45) is 0. The minimum atomic E-state index is -0.375. The summed E-state index contributed by atoms with van der Waals surface area (Å²) in [5.41, 5.74) is 0.733. The molecule has 0 aliphatic rings. The molecule has 1 rings (SSSR count). The highest BCUT2D eigenvalue weighted by atomic mass is 16.5. The van der Waals surface area contributed by atoms with E-state index in [4.69, 9.17) is 4.74 Å². The van der Waals surface area contributed by atoms with Gasteiger partial charge in [-0.1, -0.05) is 13.8 Å². The number of ether oxygens (including phenoxy) is 1. The molecule has 0 aliphatic carbocycles. The number of hydrogen-bond acceptors (Lipinski definition) is 5. The molecule has 0 aliphatic heterocycles. The van der Waals surface area contributed by atoms with Crippen LogP contribution in [0, 0.1) is 4.91 Å². The van der Waals surface area contributed by atoms with Crippen molar-refractivity contribution in [3.8, 4) is 0 Å². The highest BCUT2D eigenvalue weighted by Gasteiger charge is 2.07. The van der Waals surface area contributed by atoms with Gasteiger partial charge in [-0.2, -0.15) is 0 Å². The topological polar surface area (TPSA) is 59.0 Å². The molecule has 5 nitrogen and oxygen atoms in total. The maximum atomic E-state index is 11.7. The first kappa shape index (κ1) is 14.3. The zero-order valence-corrected chi connectivity index (χ0v) is 10.8. The summed E-state index contributed by atoms with van der Waals surface area (Å²) in [6, 6.07) is 6.06. The van der Waals surface area contributed by atoms with Gasteiger partial charge in [0, 0.05) is 6.54 Å². The molecule has 0 atom stereocenters. The first-order valence-corrected chi connectivity index (χ1v) is 6.04. The Morgan fingerprint density at radius 2 is 1.83 bits per heavy atom. The summed E-state index contributed by atoms with van der Waals surface area (Å²) in [4.78, 5) is 24.1. The zero-order valence-electron chi connectivity index (χ0n) is 10.8. The normalized spacial score (nSPS) is 10.4. The van der Waals surface area contributed by atoms with E-state index in [0.717, 1.165) is 19.6 Å². The van der Waals surface area contributed by atoms with Crippen LogP contribution in [-0.2, 0) is 4.74 Å². The predicted molar refractivity (Wildman–Crippen MR) is 70.0 cm³/mol. The SMILES string of the molecule is CCN(CC)CCOC(=O)c1ccc(N=O)cc1. The fourth-order valence-corrected chi connectivity index (χ4v) is 1.55. The Labute approximate surface area is 107 Å². The Kier molecular flexibility index (Phi) is 6.00. The molecule has 98 valence electrons. The molecule has 0 spiro atoms. The van der Waals surface area contributed by atoms with Crippen LogP contribution in [0.4, 0.5) is 5.69 Å². The van der Waals surface area contributed by atoms with Gasteiger partial charge < -0.3 is 9.64 Å². The molecule has 0 heterocycles. The number of carbonyl (C=O) groups excluding carboxylic acids is 1. The molecule has 0 saturated heterocycles. The van der Waals surface area contributed by atoms with E-state index in [1.807, 2.05) is 0 Å². The largest absolute Gasteiger partial charge is 0.461 e. The van der Waals surface area contributed by atoms with Gasteiger partial charge in [-0.15, -0.1) is 4.91 Å². The second-order valence-corrected chi connectivity index (χ2v) is 3.80. The van der Waals surface area contributed by atoms with Crippen molar-refractivity contribution in [2.24, 2.45) is 5.18 Å². The van der Waals surface area contributed by atoms with Crippen molar-refractivity contribution in [3.05, 3.63) is 34.7 Å². The van der Waals surface area contributed by atoms with Gasteiger partial charge >= 0.3 is 5.97 Å². The first-order chi connectivity index (χ1) is 8.71. The van der Waals surface area contributed by atoms with Gasteiger partial charge in [0.1, 0.15) is 12.3 Å². The maximum absolute atomic E-state index is 11.7. The van der Waals surface area contributed by atoms with Gasteiger partial charge in [0.05, 0.1) is 5.56 Å². The van der Waals surface area contributed by atoms with E-state index in [1.54, 1.807) is 0 Å². The average molecular weight is 250 g/mol. The van der Waals surface area contributed by atoms with E-state index < -0.39 is 0 Å². The van der Waals surface area contributed by atoms with E-state index in [0.29, 0.717) is 17.9 Å². The van der Waals surface area contributed by atoms with Crippen LogP contribution in [0.1, 0.15) is 24.2 Å². The van der Waals surface area contributed by atoms with Gasteiger partial charge in [-0.25, -0.2) is 4.79 Å². The first-order valence-electron chi connectivity index (χ1n) is 6.04. The van der Waals surface area contributed by atoms with Crippen LogP contribution in [0.5, 0.6) is 0 Å². The van der Waals surface area contributed by atoms with Crippen LogP contribution in [0.25, 0.3) is 0 Å². The number of carbonyl (C=O) groups is 1. The lowest BCUT2D eigenvalue weighted by Gasteiger charge is -2.17. The summed E-state index contributed by atoms with van der Waals surface area (Å²) in [5.74, 6) is -0.375. The molecule has 18 heavy (non-hydrogen) atoms. The van der Waals surface area contributed by atoms with Crippen molar-refractivity contribution >= 4 is 11.7 Å². The number of hydrogen-bond donors (Lipinski definition) is 0. The minimum Gasteiger partial charge on any atom is -0.461 e. The van der Waals surface area contributed by atoms with Gasteiger partial charge in [-0.3, -0.25) is 0 Å². The molecule has 5 heteroatoms. The molecule has 0 aromatic heterocycles. The van der Waals surface area contributed by atoms with Crippen molar-refractivity contribution < 1.29 is 9.53 Å². The maximum Gasteiger partial charge on any atom is 0.338 e. The molecule has 0 saturated carbocycles.